The molecule has 0 N–H and O–H groups in total. The fourth-order valence-electron chi connectivity index (χ4n) is 2.48. The predicted molar refractivity (Wildman–Crippen MR) is 76.3 cm³/mol. The molecule has 110 valence electrons. The van der Waals surface area contributed by atoms with E-state index in [0.717, 1.165) is 29.0 Å². The summed E-state index contributed by atoms with van der Waals surface area (Å²) >= 11 is 5.92. The summed E-state index contributed by atoms with van der Waals surface area (Å²) in [6.45, 7) is 2.00. The summed E-state index contributed by atoms with van der Waals surface area (Å²) in [6, 6.07) is 3.40. The quantitative estimate of drug-likeness (QED) is 0.697. The van der Waals surface area contributed by atoms with Gasteiger partial charge in [-0.1, -0.05) is 0 Å². The molecule has 0 saturated heterocycles. The summed E-state index contributed by atoms with van der Waals surface area (Å²) < 4.78 is 30.6. The minimum Gasteiger partial charge on any atom is -0.307 e. The Hall–Kier alpha value is -1.95. The number of benzene rings is 1. The lowest BCUT2D eigenvalue weighted by Gasteiger charge is -2.09. The second-order valence-corrected chi connectivity index (χ2v) is 5.13. The van der Waals surface area contributed by atoms with Crippen LogP contribution in [0.15, 0.2) is 18.2 Å². The Morgan fingerprint density at radius 2 is 2.05 bits per heavy atom. The molecule has 1 aromatic carbocycles. The fraction of sp³-hybridized carbons (Fsp3) is 0.286. The molecule has 4 nitrogen and oxygen atoms in total. The molecular formula is C14H13ClF2N4. The number of imidazole rings is 1. The lowest BCUT2D eigenvalue weighted by Crippen LogP contribution is -2.09. The van der Waals surface area contributed by atoms with Gasteiger partial charge in [0.15, 0.2) is 5.65 Å². The van der Waals surface area contributed by atoms with Crippen LogP contribution >= 0.6 is 11.6 Å². The van der Waals surface area contributed by atoms with Gasteiger partial charge < -0.3 is 4.57 Å². The molecule has 0 saturated carbocycles. The van der Waals surface area contributed by atoms with Crippen LogP contribution in [0, 0.1) is 18.6 Å². The van der Waals surface area contributed by atoms with Crippen molar-refractivity contribution in [2.45, 2.75) is 19.3 Å². The van der Waals surface area contributed by atoms with Gasteiger partial charge in [0.05, 0.1) is 18.1 Å². The van der Waals surface area contributed by atoms with Gasteiger partial charge in [0.1, 0.15) is 23.0 Å². The van der Waals surface area contributed by atoms with Crippen molar-refractivity contribution in [3.05, 3.63) is 46.9 Å². The van der Waals surface area contributed by atoms with Crippen LogP contribution in [-0.4, -0.2) is 19.3 Å². The van der Waals surface area contributed by atoms with Crippen LogP contribution in [-0.2, 0) is 19.5 Å². The molecule has 21 heavy (non-hydrogen) atoms. The average molecular weight is 311 g/mol. The zero-order valence-corrected chi connectivity index (χ0v) is 12.3. The highest BCUT2D eigenvalue weighted by Crippen LogP contribution is 2.22. The van der Waals surface area contributed by atoms with E-state index in [-0.39, 0.29) is 18.0 Å². The monoisotopic (exact) mass is 310 g/mol. The number of fused-ring (bicyclic) bond motifs is 1. The summed E-state index contributed by atoms with van der Waals surface area (Å²) in [5.41, 5.74) is 2.49. The second kappa shape index (κ2) is 5.11. The molecule has 3 rings (SSSR count). The lowest BCUT2D eigenvalue weighted by atomic mass is 10.2. The maximum Gasteiger partial charge on any atom is 0.159 e. The SMILES string of the molecule is Cc1nn(C)c2c1nc(CCl)n2Cc1cc(F)ccc1F. The molecule has 0 bridgehead atoms. The molecule has 7 heteroatoms. The molecule has 0 atom stereocenters. The third-order valence-corrected chi connectivity index (χ3v) is 3.66. The van der Waals surface area contributed by atoms with E-state index in [1.54, 1.807) is 16.3 Å². The van der Waals surface area contributed by atoms with Crippen molar-refractivity contribution in [3.8, 4) is 0 Å². The smallest absolute Gasteiger partial charge is 0.159 e. The summed E-state index contributed by atoms with van der Waals surface area (Å²) in [5.74, 6) is -0.147. The number of aromatic nitrogens is 4. The van der Waals surface area contributed by atoms with Crippen LogP contribution < -0.4 is 0 Å². The molecule has 0 unspecified atom stereocenters. The van der Waals surface area contributed by atoms with Crippen molar-refractivity contribution in [1.82, 2.24) is 19.3 Å². The second-order valence-electron chi connectivity index (χ2n) is 4.86. The third kappa shape index (κ3) is 2.29. The van der Waals surface area contributed by atoms with Gasteiger partial charge in [0.2, 0.25) is 0 Å². The highest BCUT2D eigenvalue weighted by molar-refractivity contribution is 6.16. The molecule has 0 aliphatic heterocycles. The van der Waals surface area contributed by atoms with E-state index in [1.165, 1.54) is 6.07 Å². The van der Waals surface area contributed by atoms with Gasteiger partial charge >= 0.3 is 0 Å². The van der Waals surface area contributed by atoms with Crippen LogP contribution in [0.2, 0.25) is 0 Å². The minimum atomic E-state index is -0.476. The first-order valence-corrected chi connectivity index (χ1v) is 6.93. The number of aryl methyl sites for hydroxylation is 2. The Labute approximate surface area is 125 Å². The number of halogens is 3. The predicted octanol–water partition coefficient (Wildman–Crippen LogP) is 3.14. The number of hydrogen-bond donors (Lipinski definition) is 0. The summed E-state index contributed by atoms with van der Waals surface area (Å²) in [7, 11) is 1.79. The Kier molecular flexibility index (Phi) is 3.41. The van der Waals surface area contributed by atoms with E-state index < -0.39 is 11.6 Å². The van der Waals surface area contributed by atoms with Crippen molar-refractivity contribution >= 4 is 22.8 Å². The largest absolute Gasteiger partial charge is 0.307 e. The molecule has 0 aliphatic rings. The topological polar surface area (TPSA) is 35.6 Å². The molecule has 0 radical (unpaired) electrons. The first kappa shape index (κ1) is 14.0. The number of nitrogens with zero attached hydrogens (tertiary/aromatic N) is 4. The molecule has 0 fully saturated rings. The molecule has 2 heterocycles. The molecular weight excluding hydrogens is 298 g/mol. The van der Waals surface area contributed by atoms with Gasteiger partial charge in [0.25, 0.3) is 0 Å². The maximum absolute atomic E-state index is 13.8. The minimum absolute atomic E-state index is 0.154. The van der Waals surface area contributed by atoms with Crippen LogP contribution in [0.4, 0.5) is 8.78 Å². The highest BCUT2D eigenvalue weighted by Gasteiger charge is 2.18. The highest BCUT2D eigenvalue weighted by atomic mass is 35.5. The van der Waals surface area contributed by atoms with Crippen molar-refractivity contribution < 1.29 is 8.78 Å². The molecule has 2 aromatic heterocycles. The molecule has 3 aromatic rings. The van der Waals surface area contributed by atoms with Crippen LogP contribution in [0.5, 0.6) is 0 Å². The van der Waals surface area contributed by atoms with E-state index in [1.807, 2.05) is 6.92 Å². The Bertz CT molecular complexity index is 822. The van der Waals surface area contributed by atoms with Crippen molar-refractivity contribution in [2.75, 3.05) is 0 Å². The number of rotatable bonds is 3. The van der Waals surface area contributed by atoms with Gasteiger partial charge in [-0.05, 0) is 25.1 Å². The summed E-state index contributed by atoms with van der Waals surface area (Å²) in [4.78, 5) is 4.43. The fourth-order valence-corrected chi connectivity index (χ4v) is 2.69. The Balaban J connectivity index is 2.17. The van der Waals surface area contributed by atoms with E-state index in [9.17, 15) is 8.78 Å². The average Bonchev–Trinajstić information content (AvgIpc) is 2.93. The normalized spacial score (nSPS) is 11.5. The Morgan fingerprint density at radius 3 is 2.76 bits per heavy atom. The summed E-state index contributed by atoms with van der Waals surface area (Å²) in [5, 5.41) is 4.29. The maximum atomic E-state index is 13.8. The number of hydrogen-bond acceptors (Lipinski definition) is 2. The Morgan fingerprint density at radius 1 is 1.29 bits per heavy atom. The first-order valence-electron chi connectivity index (χ1n) is 6.40. The first-order chi connectivity index (χ1) is 10.0. The molecule has 0 spiro atoms. The molecule has 0 amide bonds. The van der Waals surface area contributed by atoms with E-state index >= 15 is 0 Å². The molecule has 0 aliphatic carbocycles. The summed E-state index contributed by atoms with van der Waals surface area (Å²) in [6.07, 6.45) is 0. The van der Waals surface area contributed by atoms with Crippen molar-refractivity contribution in [3.63, 3.8) is 0 Å². The number of alkyl halides is 1. The third-order valence-electron chi connectivity index (χ3n) is 3.42. The van der Waals surface area contributed by atoms with Gasteiger partial charge in [0, 0.05) is 12.6 Å². The van der Waals surface area contributed by atoms with Crippen molar-refractivity contribution in [1.29, 1.82) is 0 Å². The van der Waals surface area contributed by atoms with E-state index in [2.05, 4.69) is 10.1 Å². The van der Waals surface area contributed by atoms with E-state index in [0.29, 0.717) is 5.82 Å². The van der Waals surface area contributed by atoms with Gasteiger partial charge in [-0.15, -0.1) is 11.6 Å². The zero-order chi connectivity index (χ0) is 15.1. The van der Waals surface area contributed by atoms with Crippen molar-refractivity contribution in [2.24, 2.45) is 7.05 Å². The van der Waals surface area contributed by atoms with Crippen LogP contribution in [0.25, 0.3) is 11.2 Å². The standard InChI is InChI=1S/C14H13ClF2N4/c1-8-13-14(20(2)19-8)21(12(6-15)18-13)7-9-5-10(16)3-4-11(9)17/h3-5H,6-7H2,1-2H3. The van der Waals surface area contributed by atoms with Crippen LogP contribution in [0.1, 0.15) is 17.1 Å². The lowest BCUT2D eigenvalue weighted by molar-refractivity contribution is 0.574. The van der Waals surface area contributed by atoms with Crippen LogP contribution in [0.3, 0.4) is 0 Å². The van der Waals surface area contributed by atoms with Gasteiger partial charge in [-0.2, -0.15) is 5.10 Å². The van der Waals surface area contributed by atoms with E-state index in [4.69, 9.17) is 11.6 Å². The van der Waals surface area contributed by atoms with Gasteiger partial charge in [-0.3, -0.25) is 4.68 Å². The zero-order valence-electron chi connectivity index (χ0n) is 11.6. The van der Waals surface area contributed by atoms with Gasteiger partial charge in [-0.25, -0.2) is 13.8 Å².